The van der Waals surface area contributed by atoms with Crippen molar-refractivity contribution < 1.29 is 23.8 Å². The maximum atomic E-state index is 13.3. The molecule has 168 valence electrons. The molecule has 2 N–H and O–H groups in total. The number of fused-ring (bicyclic) bond motifs is 1. The van der Waals surface area contributed by atoms with Crippen LogP contribution in [0.25, 0.3) is 11.1 Å². The van der Waals surface area contributed by atoms with Gasteiger partial charge in [0, 0.05) is 23.9 Å². The van der Waals surface area contributed by atoms with Crippen LogP contribution < -0.4 is 24.8 Å². The number of hydrogen-bond donors (Lipinski definition) is 2. The highest BCUT2D eigenvalue weighted by Gasteiger charge is 2.51. The summed E-state index contributed by atoms with van der Waals surface area (Å²) in [5.41, 5.74) is 3.17. The molecule has 1 fully saturated rings. The van der Waals surface area contributed by atoms with Crippen molar-refractivity contribution in [3.63, 3.8) is 0 Å². The van der Waals surface area contributed by atoms with Crippen LogP contribution in [0.3, 0.4) is 0 Å². The first-order chi connectivity index (χ1) is 16.0. The molecule has 7 nitrogen and oxygen atoms in total. The molecule has 2 aliphatic rings. The Balaban J connectivity index is 1.43. The molecule has 2 amide bonds. The van der Waals surface area contributed by atoms with Gasteiger partial charge in [0.25, 0.3) is 5.91 Å². The van der Waals surface area contributed by atoms with Gasteiger partial charge in [-0.05, 0) is 66.4 Å². The lowest BCUT2D eigenvalue weighted by molar-refractivity contribution is -0.118. The van der Waals surface area contributed by atoms with Gasteiger partial charge >= 0.3 is 0 Å². The highest BCUT2D eigenvalue weighted by molar-refractivity contribution is 6.02. The summed E-state index contributed by atoms with van der Waals surface area (Å²) in [6, 6.07) is 18.5. The zero-order valence-electron chi connectivity index (χ0n) is 18.4. The van der Waals surface area contributed by atoms with Crippen molar-refractivity contribution in [3.05, 3.63) is 71.8 Å². The monoisotopic (exact) mass is 444 g/mol. The standard InChI is InChI=1S/C26H24N2O5/c1-27-24(29)17-5-3-4-16(12-17)20-14-19(7-9-21(20)31-2)28-25(30)26(10-11-26)18-6-8-22-23(13-18)33-15-32-22/h3-9,12-14H,10-11,15H2,1-2H3,(H,27,29)(H,28,30). The van der Waals surface area contributed by atoms with Crippen molar-refractivity contribution in [1.82, 2.24) is 5.32 Å². The predicted molar refractivity (Wildman–Crippen MR) is 124 cm³/mol. The second kappa shape index (κ2) is 8.16. The van der Waals surface area contributed by atoms with Gasteiger partial charge in [-0.15, -0.1) is 0 Å². The number of hydrogen-bond acceptors (Lipinski definition) is 5. The van der Waals surface area contributed by atoms with Crippen LogP contribution in [-0.4, -0.2) is 32.8 Å². The minimum Gasteiger partial charge on any atom is -0.496 e. The number of nitrogens with one attached hydrogen (secondary N) is 2. The Hall–Kier alpha value is -4.00. The van der Waals surface area contributed by atoms with E-state index in [0.29, 0.717) is 28.5 Å². The number of carbonyl (C=O) groups excluding carboxylic acids is 2. The second-order valence-electron chi connectivity index (χ2n) is 8.18. The summed E-state index contributed by atoms with van der Waals surface area (Å²) in [7, 11) is 3.19. The molecule has 0 spiro atoms. The Morgan fingerprint density at radius 3 is 2.55 bits per heavy atom. The zero-order chi connectivity index (χ0) is 23.0. The largest absolute Gasteiger partial charge is 0.496 e. The van der Waals surface area contributed by atoms with E-state index in [0.717, 1.165) is 29.5 Å². The summed E-state index contributed by atoms with van der Waals surface area (Å²) in [6.07, 6.45) is 1.55. The Morgan fingerprint density at radius 2 is 1.79 bits per heavy atom. The van der Waals surface area contributed by atoms with Crippen LogP contribution in [0.15, 0.2) is 60.7 Å². The SMILES string of the molecule is CNC(=O)c1cccc(-c2cc(NC(=O)C3(c4ccc5c(c4)OCO5)CC3)ccc2OC)c1. The molecule has 3 aromatic rings. The van der Waals surface area contributed by atoms with Crippen LogP contribution in [0, 0.1) is 0 Å². The molecule has 0 radical (unpaired) electrons. The molecule has 0 saturated heterocycles. The first kappa shape index (κ1) is 20.9. The van der Waals surface area contributed by atoms with E-state index in [4.69, 9.17) is 14.2 Å². The van der Waals surface area contributed by atoms with E-state index in [9.17, 15) is 9.59 Å². The van der Waals surface area contributed by atoms with Crippen molar-refractivity contribution in [2.24, 2.45) is 0 Å². The summed E-state index contributed by atoms with van der Waals surface area (Å²) < 4.78 is 16.4. The molecule has 1 aliphatic carbocycles. The molecule has 0 aromatic heterocycles. The summed E-state index contributed by atoms with van der Waals surface area (Å²) >= 11 is 0. The van der Waals surface area contributed by atoms with E-state index < -0.39 is 5.41 Å². The number of amides is 2. The third kappa shape index (κ3) is 3.75. The normalized spacial score (nSPS) is 15.0. The fourth-order valence-corrected chi connectivity index (χ4v) is 4.20. The average Bonchev–Trinajstić information content (AvgIpc) is 3.54. The lowest BCUT2D eigenvalue weighted by Crippen LogP contribution is -2.27. The molecule has 3 aromatic carbocycles. The molecule has 1 aliphatic heterocycles. The van der Waals surface area contributed by atoms with E-state index in [-0.39, 0.29) is 18.6 Å². The van der Waals surface area contributed by atoms with E-state index >= 15 is 0 Å². The van der Waals surface area contributed by atoms with Crippen LogP contribution in [0.2, 0.25) is 0 Å². The van der Waals surface area contributed by atoms with Gasteiger partial charge in [0.15, 0.2) is 11.5 Å². The van der Waals surface area contributed by atoms with Gasteiger partial charge in [-0.2, -0.15) is 0 Å². The molecule has 1 heterocycles. The minimum atomic E-state index is -0.569. The smallest absolute Gasteiger partial charge is 0.251 e. The fraction of sp³-hybridized carbons (Fsp3) is 0.231. The summed E-state index contributed by atoms with van der Waals surface area (Å²) in [4.78, 5) is 25.4. The molecular formula is C26H24N2O5. The van der Waals surface area contributed by atoms with Crippen LogP contribution in [0.4, 0.5) is 5.69 Å². The summed E-state index contributed by atoms with van der Waals surface area (Å²) in [5.74, 6) is 1.80. The third-order valence-corrected chi connectivity index (χ3v) is 6.23. The molecule has 0 atom stereocenters. The van der Waals surface area contributed by atoms with Crippen LogP contribution in [-0.2, 0) is 10.2 Å². The van der Waals surface area contributed by atoms with Gasteiger partial charge < -0.3 is 24.8 Å². The number of rotatable bonds is 6. The maximum absolute atomic E-state index is 13.3. The molecule has 7 heteroatoms. The van der Waals surface area contributed by atoms with E-state index in [1.807, 2.05) is 48.5 Å². The van der Waals surface area contributed by atoms with Crippen LogP contribution in [0.5, 0.6) is 17.2 Å². The summed E-state index contributed by atoms with van der Waals surface area (Å²) in [6.45, 7) is 0.202. The van der Waals surface area contributed by atoms with E-state index in [2.05, 4.69) is 10.6 Å². The quantitative estimate of drug-likeness (QED) is 0.597. The Morgan fingerprint density at radius 1 is 0.970 bits per heavy atom. The highest BCUT2D eigenvalue weighted by atomic mass is 16.7. The average molecular weight is 444 g/mol. The van der Waals surface area contributed by atoms with Gasteiger partial charge in [0.2, 0.25) is 12.7 Å². The number of ether oxygens (including phenoxy) is 3. The van der Waals surface area contributed by atoms with E-state index in [1.165, 1.54) is 0 Å². The number of methoxy groups -OCH3 is 1. The van der Waals surface area contributed by atoms with Gasteiger partial charge in [-0.1, -0.05) is 18.2 Å². The molecule has 1 saturated carbocycles. The number of carbonyl (C=O) groups is 2. The number of anilines is 1. The Labute approximate surface area is 191 Å². The molecule has 0 bridgehead atoms. The summed E-state index contributed by atoms with van der Waals surface area (Å²) in [5, 5.41) is 5.71. The maximum Gasteiger partial charge on any atom is 0.251 e. The Kier molecular flexibility index (Phi) is 5.17. The van der Waals surface area contributed by atoms with Crippen molar-refractivity contribution in [3.8, 4) is 28.4 Å². The fourth-order valence-electron chi connectivity index (χ4n) is 4.20. The van der Waals surface area contributed by atoms with Crippen molar-refractivity contribution in [2.45, 2.75) is 18.3 Å². The van der Waals surface area contributed by atoms with Crippen molar-refractivity contribution >= 4 is 17.5 Å². The second-order valence-corrected chi connectivity index (χ2v) is 8.18. The lowest BCUT2D eigenvalue weighted by atomic mass is 9.94. The van der Waals surface area contributed by atoms with Gasteiger partial charge in [-0.25, -0.2) is 0 Å². The topological polar surface area (TPSA) is 85.9 Å². The molecule has 33 heavy (non-hydrogen) atoms. The first-order valence-corrected chi connectivity index (χ1v) is 10.8. The van der Waals surface area contributed by atoms with Gasteiger partial charge in [0.1, 0.15) is 5.75 Å². The van der Waals surface area contributed by atoms with Crippen molar-refractivity contribution in [2.75, 3.05) is 26.3 Å². The zero-order valence-corrected chi connectivity index (χ0v) is 18.4. The van der Waals surface area contributed by atoms with E-state index in [1.54, 1.807) is 26.3 Å². The van der Waals surface area contributed by atoms with Gasteiger partial charge in [-0.3, -0.25) is 9.59 Å². The molecule has 0 unspecified atom stereocenters. The van der Waals surface area contributed by atoms with Crippen LogP contribution >= 0.6 is 0 Å². The number of benzene rings is 3. The minimum absolute atomic E-state index is 0.0587. The third-order valence-electron chi connectivity index (χ3n) is 6.23. The molecule has 5 rings (SSSR count). The Bertz CT molecular complexity index is 1250. The first-order valence-electron chi connectivity index (χ1n) is 10.8. The van der Waals surface area contributed by atoms with Gasteiger partial charge in [0.05, 0.1) is 12.5 Å². The van der Waals surface area contributed by atoms with Crippen molar-refractivity contribution in [1.29, 1.82) is 0 Å². The molecular weight excluding hydrogens is 420 g/mol. The predicted octanol–water partition coefficient (Wildman–Crippen LogP) is 4.12. The highest BCUT2D eigenvalue weighted by Crippen LogP contribution is 2.51. The van der Waals surface area contributed by atoms with Crippen LogP contribution in [0.1, 0.15) is 28.8 Å². The lowest BCUT2D eigenvalue weighted by Gasteiger charge is -2.18.